The van der Waals surface area contributed by atoms with E-state index in [9.17, 15) is 0 Å². The van der Waals surface area contributed by atoms with Crippen LogP contribution in [0.25, 0.3) is 11.4 Å². The molecule has 2 heterocycles. The van der Waals surface area contributed by atoms with Gasteiger partial charge in [0.05, 0.1) is 10.2 Å². The molecule has 19 heavy (non-hydrogen) atoms. The van der Waals surface area contributed by atoms with Gasteiger partial charge in [-0.1, -0.05) is 11.6 Å². The zero-order valence-corrected chi connectivity index (χ0v) is 13.1. The van der Waals surface area contributed by atoms with Crippen molar-refractivity contribution in [1.29, 1.82) is 0 Å². The van der Waals surface area contributed by atoms with E-state index >= 15 is 0 Å². The smallest absolute Gasteiger partial charge is 0.161 e. The molecular formula is C14H13BrClN3. The first kappa shape index (κ1) is 12.9. The molecular weight excluding hydrogens is 326 g/mol. The van der Waals surface area contributed by atoms with Crippen LogP contribution in [-0.2, 0) is 6.42 Å². The molecule has 2 aromatic rings. The molecule has 0 N–H and O–H groups in total. The van der Waals surface area contributed by atoms with Crippen LogP contribution in [0, 0.1) is 6.92 Å². The minimum Gasteiger partial charge on any atom is -0.374 e. The minimum absolute atomic E-state index is 0.458. The van der Waals surface area contributed by atoms with E-state index in [1.54, 1.807) is 0 Å². The van der Waals surface area contributed by atoms with E-state index in [1.165, 1.54) is 11.3 Å². The van der Waals surface area contributed by atoms with Crippen LogP contribution in [0.15, 0.2) is 22.7 Å². The van der Waals surface area contributed by atoms with Crippen molar-refractivity contribution in [1.82, 2.24) is 9.97 Å². The third kappa shape index (κ3) is 2.23. The van der Waals surface area contributed by atoms with E-state index in [4.69, 9.17) is 11.6 Å². The number of likely N-dealkylation sites (N-methyl/N-ethyl adjacent to an activating group) is 1. The third-order valence-corrected chi connectivity index (χ3v) is 4.89. The van der Waals surface area contributed by atoms with Crippen molar-refractivity contribution in [2.45, 2.75) is 13.3 Å². The lowest BCUT2D eigenvalue weighted by molar-refractivity contribution is 0.956. The van der Waals surface area contributed by atoms with Gasteiger partial charge >= 0.3 is 0 Å². The predicted molar refractivity (Wildman–Crippen MR) is 81.9 cm³/mol. The molecule has 0 atom stereocenters. The molecule has 0 amide bonds. The fraction of sp³-hybridized carbons (Fsp3) is 0.286. The summed E-state index contributed by atoms with van der Waals surface area (Å²) >= 11 is 9.48. The lowest BCUT2D eigenvalue weighted by Crippen LogP contribution is -2.12. The molecule has 1 aliphatic heterocycles. The number of fused-ring (bicyclic) bond motifs is 1. The van der Waals surface area contributed by atoms with Gasteiger partial charge in [0.2, 0.25) is 0 Å². The standard InChI is InChI=1S/C14H13BrClN3/c1-8-12(15)13(16)18-14(17-8)10-3-4-11-9(7-10)5-6-19(11)2/h3-4,7H,5-6H2,1-2H3. The minimum atomic E-state index is 0.458. The van der Waals surface area contributed by atoms with Crippen molar-refractivity contribution >= 4 is 33.2 Å². The molecule has 0 saturated carbocycles. The number of halogens is 2. The second kappa shape index (κ2) is 4.76. The first-order valence-electron chi connectivity index (χ1n) is 6.10. The maximum absolute atomic E-state index is 6.10. The maximum atomic E-state index is 6.10. The summed E-state index contributed by atoms with van der Waals surface area (Å²) in [5, 5.41) is 0.458. The van der Waals surface area contributed by atoms with E-state index in [0.717, 1.165) is 28.7 Å². The molecule has 3 rings (SSSR count). The number of anilines is 1. The normalized spacial score (nSPS) is 13.8. The summed E-state index contributed by atoms with van der Waals surface area (Å²) in [7, 11) is 2.11. The molecule has 0 spiro atoms. The number of nitrogens with zero attached hydrogens (tertiary/aromatic N) is 3. The van der Waals surface area contributed by atoms with Crippen molar-refractivity contribution in [3.8, 4) is 11.4 Å². The second-order valence-corrected chi connectivity index (χ2v) is 5.90. The summed E-state index contributed by atoms with van der Waals surface area (Å²) < 4.78 is 0.763. The number of hydrogen-bond acceptors (Lipinski definition) is 3. The molecule has 0 bridgehead atoms. The Hall–Kier alpha value is -1.13. The number of rotatable bonds is 1. The topological polar surface area (TPSA) is 29.0 Å². The highest BCUT2D eigenvalue weighted by molar-refractivity contribution is 9.10. The number of aryl methyl sites for hydroxylation is 1. The van der Waals surface area contributed by atoms with Gasteiger partial charge in [-0.3, -0.25) is 0 Å². The summed E-state index contributed by atoms with van der Waals surface area (Å²) in [5.74, 6) is 0.683. The fourth-order valence-corrected chi connectivity index (χ4v) is 2.75. The molecule has 0 radical (unpaired) electrons. The highest BCUT2D eigenvalue weighted by Crippen LogP contribution is 2.32. The molecule has 0 fully saturated rings. The number of hydrogen-bond donors (Lipinski definition) is 0. The van der Waals surface area contributed by atoms with Gasteiger partial charge in [-0.05, 0) is 53.0 Å². The van der Waals surface area contributed by atoms with E-state index in [0.29, 0.717) is 11.0 Å². The van der Waals surface area contributed by atoms with Crippen LogP contribution < -0.4 is 4.90 Å². The monoisotopic (exact) mass is 337 g/mol. The predicted octanol–water partition coefficient (Wildman–Crippen LogP) is 3.86. The van der Waals surface area contributed by atoms with Gasteiger partial charge in [0.15, 0.2) is 5.82 Å². The van der Waals surface area contributed by atoms with Crippen LogP contribution in [-0.4, -0.2) is 23.6 Å². The zero-order valence-electron chi connectivity index (χ0n) is 10.7. The Bertz CT molecular complexity index is 634. The quantitative estimate of drug-likeness (QED) is 0.739. The van der Waals surface area contributed by atoms with Crippen molar-refractivity contribution in [3.05, 3.63) is 39.1 Å². The number of benzene rings is 1. The average Bonchev–Trinajstić information content (AvgIpc) is 2.76. The largest absolute Gasteiger partial charge is 0.374 e. The Morgan fingerprint density at radius 3 is 2.84 bits per heavy atom. The van der Waals surface area contributed by atoms with Crippen molar-refractivity contribution in [2.75, 3.05) is 18.5 Å². The van der Waals surface area contributed by atoms with Gasteiger partial charge in [-0.25, -0.2) is 9.97 Å². The van der Waals surface area contributed by atoms with E-state index in [1.807, 2.05) is 6.92 Å². The summed E-state index contributed by atoms with van der Waals surface area (Å²) in [4.78, 5) is 11.1. The second-order valence-electron chi connectivity index (χ2n) is 4.75. The van der Waals surface area contributed by atoms with Gasteiger partial charge < -0.3 is 4.90 Å². The molecule has 0 aliphatic carbocycles. The van der Waals surface area contributed by atoms with Crippen molar-refractivity contribution in [3.63, 3.8) is 0 Å². The van der Waals surface area contributed by atoms with Crippen LogP contribution in [0.5, 0.6) is 0 Å². The van der Waals surface area contributed by atoms with Crippen LogP contribution in [0.1, 0.15) is 11.3 Å². The lowest BCUT2D eigenvalue weighted by Gasteiger charge is -2.12. The third-order valence-electron chi connectivity index (χ3n) is 3.44. The van der Waals surface area contributed by atoms with Crippen LogP contribution >= 0.6 is 27.5 Å². The van der Waals surface area contributed by atoms with Crippen molar-refractivity contribution < 1.29 is 0 Å². The Labute approximate surface area is 125 Å². The van der Waals surface area contributed by atoms with Crippen LogP contribution in [0.4, 0.5) is 5.69 Å². The Morgan fingerprint density at radius 1 is 1.32 bits per heavy atom. The zero-order chi connectivity index (χ0) is 13.6. The summed E-state index contributed by atoms with van der Waals surface area (Å²) in [5.41, 5.74) is 4.52. The molecule has 3 nitrogen and oxygen atoms in total. The van der Waals surface area contributed by atoms with Gasteiger partial charge in [-0.15, -0.1) is 0 Å². The molecule has 1 aromatic heterocycles. The number of aromatic nitrogens is 2. The molecule has 0 saturated heterocycles. The fourth-order valence-electron chi connectivity index (χ4n) is 2.36. The molecule has 1 aromatic carbocycles. The molecule has 0 unspecified atom stereocenters. The molecule has 5 heteroatoms. The maximum Gasteiger partial charge on any atom is 0.161 e. The van der Waals surface area contributed by atoms with Crippen molar-refractivity contribution in [2.24, 2.45) is 0 Å². The average molecular weight is 339 g/mol. The Balaban J connectivity index is 2.08. The Kier molecular flexibility index (Phi) is 3.23. The summed E-state index contributed by atoms with van der Waals surface area (Å²) in [6.07, 6.45) is 1.07. The summed E-state index contributed by atoms with van der Waals surface area (Å²) in [6.45, 7) is 2.99. The van der Waals surface area contributed by atoms with Crippen LogP contribution in [0.3, 0.4) is 0 Å². The molecule has 1 aliphatic rings. The van der Waals surface area contributed by atoms with Gasteiger partial charge in [-0.2, -0.15) is 0 Å². The van der Waals surface area contributed by atoms with Gasteiger partial charge in [0.25, 0.3) is 0 Å². The van der Waals surface area contributed by atoms with E-state index in [-0.39, 0.29) is 0 Å². The van der Waals surface area contributed by atoms with E-state index in [2.05, 4.69) is 56.0 Å². The first-order valence-corrected chi connectivity index (χ1v) is 7.27. The van der Waals surface area contributed by atoms with Crippen LogP contribution in [0.2, 0.25) is 5.15 Å². The van der Waals surface area contributed by atoms with Gasteiger partial charge in [0, 0.05) is 24.8 Å². The van der Waals surface area contributed by atoms with Gasteiger partial charge in [0.1, 0.15) is 5.15 Å². The Morgan fingerprint density at radius 2 is 2.11 bits per heavy atom. The summed E-state index contributed by atoms with van der Waals surface area (Å²) in [6, 6.07) is 6.35. The highest BCUT2D eigenvalue weighted by atomic mass is 79.9. The van der Waals surface area contributed by atoms with E-state index < -0.39 is 0 Å². The highest BCUT2D eigenvalue weighted by Gasteiger charge is 2.17. The molecule has 98 valence electrons. The lowest BCUT2D eigenvalue weighted by atomic mass is 10.1. The first-order chi connectivity index (χ1) is 9.06. The SMILES string of the molecule is Cc1nc(-c2ccc3c(c2)CCN3C)nc(Cl)c1Br.